The van der Waals surface area contributed by atoms with E-state index < -0.39 is 35.5 Å². The molecule has 0 aliphatic carbocycles. The Labute approximate surface area is 159 Å². The molecule has 9 heteroatoms. The van der Waals surface area contributed by atoms with Gasteiger partial charge in [-0.05, 0) is 18.6 Å². The summed E-state index contributed by atoms with van der Waals surface area (Å²) in [4.78, 5) is 24.4. The molecule has 0 radical (unpaired) electrons. The second-order valence-electron chi connectivity index (χ2n) is 6.43. The van der Waals surface area contributed by atoms with Gasteiger partial charge in [0, 0.05) is 41.9 Å². The molecule has 3 amide bonds. The summed E-state index contributed by atoms with van der Waals surface area (Å²) < 4.78 is 33.6. The molecule has 2 aromatic carbocycles. The second kappa shape index (κ2) is 7.71. The van der Waals surface area contributed by atoms with Crippen molar-refractivity contribution < 1.29 is 28.2 Å². The Kier molecular flexibility index (Phi) is 5.34. The molecule has 1 saturated heterocycles. The van der Waals surface area contributed by atoms with Crippen molar-refractivity contribution in [3.63, 3.8) is 0 Å². The number of phenolic OH excluding ortho intramolecular Hbond substituents is 1. The molecule has 2 aromatic rings. The van der Waals surface area contributed by atoms with E-state index >= 15 is 0 Å². The van der Waals surface area contributed by atoms with E-state index in [-0.39, 0.29) is 23.6 Å². The Morgan fingerprint density at radius 2 is 1.93 bits per heavy atom. The number of halogens is 2. The van der Waals surface area contributed by atoms with E-state index in [0.717, 1.165) is 12.1 Å². The van der Waals surface area contributed by atoms with Crippen LogP contribution in [0.15, 0.2) is 30.3 Å². The van der Waals surface area contributed by atoms with Crippen molar-refractivity contribution in [1.29, 1.82) is 0 Å². The van der Waals surface area contributed by atoms with Crippen LogP contribution in [0.4, 0.5) is 19.3 Å². The molecule has 1 aliphatic rings. The first-order chi connectivity index (χ1) is 13.3. The zero-order chi connectivity index (χ0) is 20.4. The maximum atomic E-state index is 14.4. The molecular formula is C19H19F2N3O4. The monoisotopic (exact) mass is 391 g/mol. The predicted octanol–water partition coefficient (Wildman–Crippen LogP) is 2.39. The molecule has 148 valence electrons. The first-order valence-electron chi connectivity index (χ1n) is 8.48. The molecule has 1 aliphatic heterocycles. The van der Waals surface area contributed by atoms with E-state index in [9.17, 15) is 23.5 Å². The highest BCUT2D eigenvalue weighted by Gasteiger charge is 2.40. The number of carbonyl (C=O) groups is 2. The minimum atomic E-state index is -1.17. The van der Waals surface area contributed by atoms with E-state index in [0.29, 0.717) is 11.3 Å². The summed E-state index contributed by atoms with van der Waals surface area (Å²) in [6, 6.07) is 4.66. The largest absolute Gasteiger partial charge is 0.508 e. The molecule has 28 heavy (non-hydrogen) atoms. The fourth-order valence-corrected chi connectivity index (χ4v) is 3.08. The third-order valence-corrected chi connectivity index (χ3v) is 4.59. The molecule has 3 rings (SSSR count). The fourth-order valence-electron chi connectivity index (χ4n) is 3.08. The van der Waals surface area contributed by atoms with Gasteiger partial charge in [0.05, 0.1) is 7.11 Å². The van der Waals surface area contributed by atoms with Gasteiger partial charge in [-0.1, -0.05) is 6.07 Å². The number of hydrogen-bond acceptors (Lipinski definition) is 4. The van der Waals surface area contributed by atoms with Crippen LogP contribution in [0.5, 0.6) is 11.5 Å². The van der Waals surface area contributed by atoms with Crippen LogP contribution in [-0.2, 0) is 4.79 Å². The van der Waals surface area contributed by atoms with Gasteiger partial charge in [-0.15, -0.1) is 0 Å². The maximum Gasteiger partial charge on any atom is 0.319 e. The number of carbonyl (C=O) groups excluding carboxylic acids is 2. The lowest BCUT2D eigenvalue weighted by molar-refractivity contribution is -0.120. The zero-order valence-electron chi connectivity index (χ0n) is 15.2. The SMILES string of the molecule is COc1cc(F)c(C2CNC(=O)C2NC(=O)Nc2ccc(C)c(O)c2)c(F)c1. The van der Waals surface area contributed by atoms with Crippen LogP contribution in [-0.4, -0.2) is 36.7 Å². The molecule has 1 heterocycles. The van der Waals surface area contributed by atoms with Gasteiger partial charge in [0.15, 0.2) is 0 Å². The molecule has 1 fully saturated rings. The van der Waals surface area contributed by atoms with Gasteiger partial charge in [-0.2, -0.15) is 0 Å². The lowest BCUT2D eigenvalue weighted by atomic mass is 9.93. The zero-order valence-corrected chi connectivity index (χ0v) is 15.2. The Morgan fingerprint density at radius 1 is 1.25 bits per heavy atom. The number of methoxy groups -OCH3 is 1. The van der Waals surface area contributed by atoms with Crippen LogP contribution >= 0.6 is 0 Å². The average molecular weight is 391 g/mol. The molecule has 0 bridgehead atoms. The Bertz CT molecular complexity index is 912. The van der Waals surface area contributed by atoms with Crippen molar-refractivity contribution in [3.8, 4) is 11.5 Å². The maximum absolute atomic E-state index is 14.4. The first kappa shape index (κ1) is 19.4. The van der Waals surface area contributed by atoms with Crippen molar-refractivity contribution in [1.82, 2.24) is 10.6 Å². The fraction of sp³-hybridized carbons (Fsp3) is 0.263. The topological polar surface area (TPSA) is 99.7 Å². The molecule has 4 N–H and O–H groups in total. The first-order valence-corrected chi connectivity index (χ1v) is 8.48. The summed E-state index contributed by atoms with van der Waals surface area (Å²) in [5.41, 5.74) is 0.626. The standard InChI is InChI=1S/C19H19F2N3O4/c1-9-3-4-10(5-15(9)25)23-19(27)24-17-12(8-22-18(17)26)16-13(20)6-11(28-2)7-14(16)21/h3-7,12,17,25H,8H2,1-2H3,(H,22,26)(H2,23,24,27). The highest BCUT2D eigenvalue weighted by Crippen LogP contribution is 2.31. The van der Waals surface area contributed by atoms with Gasteiger partial charge in [0.25, 0.3) is 0 Å². The summed E-state index contributed by atoms with van der Waals surface area (Å²) in [5.74, 6) is -3.21. The lowest BCUT2D eigenvalue weighted by Crippen LogP contribution is -2.45. The summed E-state index contributed by atoms with van der Waals surface area (Å²) in [6.07, 6.45) is 0. The number of aromatic hydroxyl groups is 1. The number of amides is 3. The predicted molar refractivity (Wildman–Crippen MR) is 97.4 cm³/mol. The Hall–Kier alpha value is -3.36. The van der Waals surface area contributed by atoms with Crippen LogP contribution in [0.2, 0.25) is 0 Å². The number of nitrogens with one attached hydrogen (secondary N) is 3. The van der Waals surface area contributed by atoms with Gasteiger partial charge in [-0.25, -0.2) is 13.6 Å². The van der Waals surface area contributed by atoms with Gasteiger partial charge < -0.3 is 25.8 Å². The minimum absolute atomic E-state index is 0.00309. The van der Waals surface area contributed by atoms with E-state index in [1.54, 1.807) is 19.1 Å². The average Bonchev–Trinajstić information content (AvgIpc) is 2.98. The normalized spacial score (nSPS) is 18.5. The number of hydrogen-bond donors (Lipinski definition) is 4. The van der Waals surface area contributed by atoms with Crippen LogP contribution in [0.1, 0.15) is 17.0 Å². The number of phenols is 1. The van der Waals surface area contributed by atoms with Crippen LogP contribution in [0.3, 0.4) is 0 Å². The van der Waals surface area contributed by atoms with E-state index in [4.69, 9.17) is 4.74 Å². The molecule has 0 spiro atoms. The van der Waals surface area contributed by atoms with E-state index in [1.807, 2.05) is 0 Å². The van der Waals surface area contributed by atoms with Crippen molar-refractivity contribution >= 4 is 17.6 Å². The van der Waals surface area contributed by atoms with E-state index in [2.05, 4.69) is 16.0 Å². The van der Waals surface area contributed by atoms with Crippen LogP contribution in [0, 0.1) is 18.6 Å². The van der Waals surface area contributed by atoms with Crippen molar-refractivity contribution in [2.75, 3.05) is 19.0 Å². The number of urea groups is 1. The molecule has 0 aromatic heterocycles. The number of anilines is 1. The van der Waals surface area contributed by atoms with Gasteiger partial charge in [-0.3, -0.25) is 4.79 Å². The third-order valence-electron chi connectivity index (χ3n) is 4.59. The summed E-state index contributed by atoms with van der Waals surface area (Å²) in [7, 11) is 1.28. The second-order valence-corrected chi connectivity index (χ2v) is 6.43. The van der Waals surface area contributed by atoms with E-state index in [1.165, 1.54) is 13.2 Å². The van der Waals surface area contributed by atoms with Crippen LogP contribution < -0.4 is 20.7 Å². The quantitative estimate of drug-likeness (QED) is 0.643. The van der Waals surface area contributed by atoms with Gasteiger partial charge in [0.2, 0.25) is 5.91 Å². The van der Waals surface area contributed by atoms with Crippen LogP contribution in [0.25, 0.3) is 0 Å². The number of ether oxygens (including phenoxy) is 1. The minimum Gasteiger partial charge on any atom is -0.508 e. The highest BCUT2D eigenvalue weighted by atomic mass is 19.1. The number of aryl methyl sites for hydroxylation is 1. The van der Waals surface area contributed by atoms with Gasteiger partial charge in [0.1, 0.15) is 29.2 Å². The Balaban J connectivity index is 1.79. The summed E-state index contributed by atoms with van der Waals surface area (Å²) in [5, 5.41) is 17.1. The molecule has 0 saturated carbocycles. The number of rotatable bonds is 4. The summed E-state index contributed by atoms with van der Waals surface area (Å²) >= 11 is 0. The lowest BCUT2D eigenvalue weighted by Gasteiger charge is -2.20. The summed E-state index contributed by atoms with van der Waals surface area (Å²) in [6.45, 7) is 1.67. The number of benzene rings is 2. The van der Waals surface area contributed by atoms with Gasteiger partial charge >= 0.3 is 6.03 Å². The third kappa shape index (κ3) is 3.83. The van der Waals surface area contributed by atoms with Crippen molar-refractivity contribution in [2.24, 2.45) is 0 Å². The van der Waals surface area contributed by atoms with Crippen molar-refractivity contribution in [2.45, 2.75) is 18.9 Å². The Morgan fingerprint density at radius 3 is 2.54 bits per heavy atom. The molecule has 2 atom stereocenters. The van der Waals surface area contributed by atoms with Crippen molar-refractivity contribution in [3.05, 3.63) is 53.1 Å². The molecular weight excluding hydrogens is 372 g/mol. The molecule has 7 nitrogen and oxygen atoms in total. The molecule has 2 unspecified atom stereocenters. The highest BCUT2D eigenvalue weighted by molar-refractivity contribution is 5.95. The smallest absolute Gasteiger partial charge is 0.319 e.